The van der Waals surface area contributed by atoms with Gasteiger partial charge >= 0.3 is 0 Å². The van der Waals surface area contributed by atoms with Crippen LogP contribution in [-0.4, -0.2) is 17.5 Å². The van der Waals surface area contributed by atoms with E-state index in [1.54, 1.807) is 12.1 Å². The molecule has 1 heterocycles. The first-order valence-electron chi connectivity index (χ1n) is 7.77. The summed E-state index contributed by atoms with van der Waals surface area (Å²) in [5.74, 6) is 0. The summed E-state index contributed by atoms with van der Waals surface area (Å²) in [5, 5.41) is 10.9. The van der Waals surface area contributed by atoms with Gasteiger partial charge in [0.1, 0.15) is 0 Å². The fourth-order valence-corrected chi connectivity index (χ4v) is 3.25. The molecule has 0 unspecified atom stereocenters. The normalized spacial score (nSPS) is 16.6. The maximum Gasteiger partial charge on any atom is 0.269 e. The van der Waals surface area contributed by atoms with Crippen molar-refractivity contribution in [2.24, 2.45) is 0 Å². The summed E-state index contributed by atoms with van der Waals surface area (Å²) < 4.78 is 0. The zero-order chi connectivity index (χ0) is 15.5. The Balaban J connectivity index is 1.80. The van der Waals surface area contributed by atoms with Gasteiger partial charge in [-0.3, -0.25) is 10.1 Å². The highest BCUT2D eigenvalue weighted by Crippen LogP contribution is 2.35. The van der Waals surface area contributed by atoms with E-state index < -0.39 is 0 Å². The second-order valence-electron chi connectivity index (χ2n) is 5.77. The Hall–Kier alpha value is -2.36. The molecule has 0 fully saturated rings. The minimum absolute atomic E-state index is 0.193. The molecule has 0 bridgehead atoms. The molecule has 0 spiro atoms. The van der Waals surface area contributed by atoms with Crippen LogP contribution in [0.1, 0.15) is 24.5 Å². The second-order valence-corrected chi connectivity index (χ2v) is 5.77. The van der Waals surface area contributed by atoms with Gasteiger partial charge in [-0.2, -0.15) is 0 Å². The minimum atomic E-state index is -0.312. The lowest BCUT2D eigenvalue weighted by molar-refractivity contribution is -0.384. The van der Waals surface area contributed by atoms with Crippen molar-refractivity contribution in [3.05, 3.63) is 69.8 Å². The maximum absolute atomic E-state index is 10.9. The molecule has 1 aliphatic heterocycles. The van der Waals surface area contributed by atoms with Crippen LogP contribution in [0.25, 0.3) is 0 Å². The van der Waals surface area contributed by atoms with Crippen molar-refractivity contribution in [1.82, 2.24) is 0 Å². The van der Waals surface area contributed by atoms with Crippen LogP contribution in [0.2, 0.25) is 0 Å². The number of fused-ring (bicyclic) bond motifs is 1. The standard InChI is InChI=1S/C18H20N2O2/c1-2-16-12-15-13-17(20(21)22)8-9-18(15)19(16)11-10-14-6-4-3-5-7-14/h3-9,13,16H,2,10-12H2,1H3/t16-/m0/s1. The highest BCUT2D eigenvalue weighted by molar-refractivity contribution is 5.62. The number of non-ortho nitro benzene ring substituents is 1. The smallest absolute Gasteiger partial charge is 0.269 e. The summed E-state index contributed by atoms with van der Waals surface area (Å²) in [6.07, 6.45) is 2.95. The number of nitro groups is 1. The van der Waals surface area contributed by atoms with E-state index in [1.807, 2.05) is 12.1 Å². The Morgan fingerprint density at radius 1 is 1.23 bits per heavy atom. The molecular formula is C18H20N2O2. The molecule has 0 aromatic heterocycles. The Morgan fingerprint density at radius 3 is 2.68 bits per heavy atom. The van der Waals surface area contributed by atoms with Crippen molar-refractivity contribution in [2.75, 3.05) is 11.4 Å². The van der Waals surface area contributed by atoms with E-state index in [-0.39, 0.29) is 10.6 Å². The van der Waals surface area contributed by atoms with Gasteiger partial charge in [0.15, 0.2) is 0 Å². The van der Waals surface area contributed by atoms with Gasteiger partial charge in [-0.1, -0.05) is 37.3 Å². The van der Waals surface area contributed by atoms with E-state index in [9.17, 15) is 10.1 Å². The fourth-order valence-electron chi connectivity index (χ4n) is 3.25. The third-order valence-electron chi connectivity index (χ3n) is 4.44. The lowest BCUT2D eigenvalue weighted by atomic mass is 10.1. The maximum atomic E-state index is 10.9. The summed E-state index contributed by atoms with van der Waals surface area (Å²) in [4.78, 5) is 13.0. The number of anilines is 1. The molecule has 0 amide bonds. The van der Waals surface area contributed by atoms with Crippen LogP contribution in [0.5, 0.6) is 0 Å². The SMILES string of the molecule is CC[C@H]1Cc2cc([N+](=O)[O-])ccc2N1CCc1ccccc1. The molecule has 0 radical (unpaired) electrons. The van der Waals surface area contributed by atoms with Crippen LogP contribution < -0.4 is 4.90 Å². The Morgan fingerprint density at radius 2 is 2.00 bits per heavy atom. The number of rotatable bonds is 5. The molecule has 22 heavy (non-hydrogen) atoms. The predicted molar refractivity (Wildman–Crippen MR) is 88.4 cm³/mol. The molecule has 0 saturated heterocycles. The van der Waals surface area contributed by atoms with E-state index in [1.165, 1.54) is 5.56 Å². The molecule has 4 heteroatoms. The topological polar surface area (TPSA) is 46.4 Å². The van der Waals surface area contributed by atoms with E-state index in [4.69, 9.17) is 0 Å². The summed E-state index contributed by atoms with van der Waals surface area (Å²) in [5.41, 5.74) is 3.79. The van der Waals surface area contributed by atoms with Crippen LogP contribution in [0, 0.1) is 10.1 Å². The van der Waals surface area contributed by atoms with Gasteiger partial charge in [0.2, 0.25) is 0 Å². The molecule has 2 aromatic rings. The predicted octanol–water partition coefficient (Wildman–Crippen LogP) is 3.98. The Labute approximate surface area is 130 Å². The van der Waals surface area contributed by atoms with Crippen LogP contribution in [0.4, 0.5) is 11.4 Å². The van der Waals surface area contributed by atoms with Gasteiger partial charge in [0.25, 0.3) is 5.69 Å². The van der Waals surface area contributed by atoms with E-state index in [2.05, 4.69) is 36.1 Å². The van der Waals surface area contributed by atoms with Gasteiger partial charge in [0.05, 0.1) is 4.92 Å². The van der Waals surface area contributed by atoms with Crippen LogP contribution >= 0.6 is 0 Å². The third-order valence-corrected chi connectivity index (χ3v) is 4.44. The second kappa shape index (κ2) is 6.18. The average Bonchev–Trinajstić information content (AvgIpc) is 2.90. The number of hydrogen-bond acceptors (Lipinski definition) is 3. The zero-order valence-electron chi connectivity index (χ0n) is 12.7. The number of nitrogens with zero attached hydrogens (tertiary/aromatic N) is 2. The molecule has 1 aliphatic rings. The molecular weight excluding hydrogens is 276 g/mol. The molecule has 3 rings (SSSR count). The van der Waals surface area contributed by atoms with E-state index in [0.29, 0.717) is 6.04 Å². The van der Waals surface area contributed by atoms with Crippen molar-refractivity contribution in [1.29, 1.82) is 0 Å². The fraction of sp³-hybridized carbons (Fsp3) is 0.333. The van der Waals surface area contributed by atoms with Gasteiger partial charge in [-0.15, -0.1) is 0 Å². The molecule has 0 saturated carbocycles. The summed E-state index contributed by atoms with van der Waals surface area (Å²) in [7, 11) is 0. The number of hydrogen-bond donors (Lipinski definition) is 0. The number of nitro benzene ring substituents is 1. The van der Waals surface area contributed by atoms with Crippen molar-refractivity contribution in [3.63, 3.8) is 0 Å². The molecule has 4 nitrogen and oxygen atoms in total. The lowest BCUT2D eigenvalue weighted by Gasteiger charge is -2.26. The summed E-state index contributed by atoms with van der Waals surface area (Å²) >= 11 is 0. The first-order valence-corrected chi connectivity index (χ1v) is 7.77. The van der Waals surface area contributed by atoms with E-state index in [0.717, 1.165) is 37.1 Å². The average molecular weight is 296 g/mol. The first-order chi connectivity index (χ1) is 10.7. The van der Waals surface area contributed by atoms with Gasteiger partial charge in [-0.25, -0.2) is 0 Å². The third kappa shape index (κ3) is 2.82. The van der Waals surface area contributed by atoms with Gasteiger partial charge in [0, 0.05) is 30.4 Å². The largest absolute Gasteiger partial charge is 0.368 e. The summed E-state index contributed by atoms with van der Waals surface area (Å²) in [6.45, 7) is 3.13. The highest BCUT2D eigenvalue weighted by atomic mass is 16.6. The summed E-state index contributed by atoms with van der Waals surface area (Å²) in [6, 6.07) is 16.2. The van der Waals surface area contributed by atoms with E-state index >= 15 is 0 Å². The van der Waals surface area contributed by atoms with Crippen LogP contribution in [0.15, 0.2) is 48.5 Å². The molecule has 0 N–H and O–H groups in total. The van der Waals surface area contributed by atoms with Gasteiger partial charge in [-0.05, 0) is 36.5 Å². The van der Waals surface area contributed by atoms with Crippen LogP contribution in [0.3, 0.4) is 0 Å². The number of benzene rings is 2. The Kier molecular flexibility index (Phi) is 4.09. The molecule has 0 aliphatic carbocycles. The first kappa shape index (κ1) is 14.6. The quantitative estimate of drug-likeness (QED) is 0.619. The minimum Gasteiger partial charge on any atom is -0.368 e. The molecule has 1 atom stereocenters. The zero-order valence-corrected chi connectivity index (χ0v) is 12.7. The molecule has 114 valence electrons. The molecule has 2 aromatic carbocycles. The monoisotopic (exact) mass is 296 g/mol. The van der Waals surface area contributed by atoms with Crippen molar-refractivity contribution in [2.45, 2.75) is 32.2 Å². The Bertz CT molecular complexity index is 670. The van der Waals surface area contributed by atoms with Crippen LogP contribution in [-0.2, 0) is 12.8 Å². The van der Waals surface area contributed by atoms with Crippen molar-refractivity contribution < 1.29 is 4.92 Å². The van der Waals surface area contributed by atoms with Crippen molar-refractivity contribution in [3.8, 4) is 0 Å². The van der Waals surface area contributed by atoms with Crippen molar-refractivity contribution >= 4 is 11.4 Å². The highest BCUT2D eigenvalue weighted by Gasteiger charge is 2.29. The lowest BCUT2D eigenvalue weighted by Crippen LogP contribution is -2.33. The van der Waals surface area contributed by atoms with Gasteiger partial charge < -0.3 is 4.90 Å².